The first-order valence-corrected chi connectivity index (χ1v) is 6.97. The average molecular weight is 365 g/mol. The van der Waals surface area contributed by atoms with Crippen molar-refractivity contribution in [3.05, 3.63) is 28.2 Å². The van der Waals surface area contributed by atoms with Crippen LogP contribution in [0, 0.1) is 0 Å². The van der Waals surface area contributed by atoms with Crippen LogP contribution < -0.4 is 10.2 Å². The molecule has 1 fully saturated rings. The molecule has 8 heteroatoms. The van der Waals surface area contributed by atoms with Crippen LogP contribution in [0.25, 0.3) is 0 Å². The lowest BCUT2D eigenvalue weighted by Gasteiger charge is -2.23. The molecule has 1 unspecified atom stereocenters. The van der Waals surface area contributed by atoms with Crippen molar-refractivity contribution in [1.29, 1.82) is 0 Å². The van der Waals surface area contributed by atoms with Crippen LogP contribution in [0.1, 0.15) is 18.9 Å². The third-order valence-electron chi connectivity index (χ3n) is 3.14. The summed E-state index contributed by atoms with van der Waals surface area (Å²) in [5.74, 6) is -0.734. The Kier molecular flexibility index (Phi) is 4.27. The van der Waals surface area contributed by atoms with Gasteiger partial charge in [0.05, 0.1) is 5.56 Å². The standard InChI is InChI=1S/C13H12BrF3N2O2/c1-7-12(21)19(5-4-11(20)18-7)8-2-3-10(14)9(6-8)13(15,16)17/h2-3,6-7H,4-5H2,1H3,(H,18,20). The first-order chi connectivity index (χ1) is 9.70. The third-order valence-corrected chi connectivity index (χ3v) is 3.83. The van der Waals surface area contributed by atoms with Crippen molar-refractivity contribution < 1.29 is 22.8 Å². The zero-order valence-corrected chi connectivity index (χ0v) is 12.6. The Morgan fingerprint density at radius 2 is 2.00 bits per heavy atom. The number of nitrogens with zero attached hydrogens (tertiary/aromatic N) is 1. The summed E-state index contributed by atoms with van der Waals surface area (Å²) in [5, 5.41) is 2.49. The predicted octanol–water partition coefficient (Wildman–Crippen LogP) is 2.71. The molecule has 0 spiro atoms. The average Bonchev–Trinajstić information content (AvgIpc) is 2.50. The molecule has 1 saturated heterocycles. The second kappa shape index (κ2) is 5.67. The topological polar surface area (TPSA) is 49.4 Å². The normalized spacial score (nSPS) is 20.2. The molecule has 0 aromatic heterocycles. The third kappa shape index (κ3) is 3.37. The summed E-state index contributed by atoms with van der Waals surface area (Å²) in [5.41, 5.74) is -0.733. The van der Waals surface area contributed by atoms with Gasteiger partial charge < -0.3 is 10.2 Å². The van der Waals surface area contributed by atoms with Crippen molar-refractivity contribution in [2.75, 3.05) is 11.4 Å². The molecule has 1 N–H and O–H groups in total. The molecule has 0 bridgehead atoms. The van der Waals surface area contributed by atoms with Crippen LogP contribution >= 0.6 is 15.9 Å². The minimum Gasteiger partial charge on any atom is -0.345 e. The summed E-state index contributed by atoms with van der Waals surface area (Å²) in [6, 6.07) is 2.80. The Morgan fingerprint density at radius 1 is 1.33 bits per heavy atom. The molecule has 1 atom stereocenters. The molecule has 114 valence electrons. The number of carbonyl (C=O) groups is 2. The number of benzene rings is 1. The van der Waals surface area contributed by atoms with Gasteiger partial charge in [0.2, 0.25) is 11.8 Å². The summed E-state index contributed by atoms with van der Waals surface area (Å²) in [6.07, 6.45) is -4.48. The maximum atomic E-state index is 12.9. The van der Waals surface area contributed by atoms with Gasteiger partial charge in [-0.05, 0) is 25.1 Å². The Labute approximate surface area is 127 Å². The van der Waals surface area contributed by atoms with Crippen molar-refractivity contribution in [2.45, 2.75) is 25.6 Å². The van der Waals surface area contributed by atoms with Crippen molar-refractivity contribution in [3.8, 4) is 0 Å². The molecule has 2 rings (SSSR count). The van der Waals surface area contributed by atoms with Crippen LogP contribution in [-0.2, 0) is 15.8 Å². The molecular formula is C13H12BrF3N2O2. The van der Waals surface area contributed by atoms with Gasteiger partial charge in [-0.25, -0.2) is 0 Å². The van der Waals surface area contributed by atoms with Gasteiger partial charge >= 0.3 is 6.18 Å². The van der Waals surface area contributed by atoms with E-state index in [0.717, 1.165) is 6.07 Å². The number of alkyl halides is 3. The largest absolute Gasteiger partial charge is 0.417 e. The molecule has 1 aromatic carbocycles. The van der Waals surface area contributed by atoms with Crippen LogP contribution in [0.2, 0.25) is 0 Å². The van der Waals surface area contributed by atoms with E-state index in [4.69, 9.17) is 0 Å². The molecule has 1 aliphatic heterocycles. The second-order valence-electron chi connectivity index (χ2n) is 4.69. The monoisotopic (exact) mass is 364 g/mol. The van der Waals surface area contributed by atoms with Crippen LogP contribution in [0.3, 0.4) is 0 Å². The van der Waals surface area contributed by atoms with E-state index in [1.165, 1.54) is 24.0 Å². The van der Waals surface area contributed by atoms with Gasteiger partial charge in [0.1, 0.15) is 6.04 Å². The van der Waals surface area contributed by atoms with Gasteiger partial charge in [-0.2, -0.15) is 13.2 Å². The Morgan fingerprint density at radius 3 is 2.62 bits per heavy atom. The lowest BCUT2D eigenvalue weighted by atomic mass is 10.1. The maximum Gasteiger partial charge on any atom is 0.417 e. The molecule has 2 amide bonds. The summed E-state index contributed by atoms with van der Waals surface area (Å²) in [4.78, 5) is 24.8. The first-order valence-electron chi connectivity index (χ1n) is 6.17. The van der Waals surface area contributed by atoms with E-state index in [2.05, 4.69) is 21.2 Å². The molecule has 0 radical (unpaired) electrons. The number of hydrogen-bond acceptors (Lipinski definition) is 2. The van der Waals surface area contributed by atoms with E-state index in [9.17, 15) is 22.8 Å². The molecule has 0 aliphatic carbocycles. The van der Waals surface area contributed by atoms with E-state index in [1.54, 1.807) is 0 Å². The SMILES string of the molecule is CC1NC(=O)CCN(c2ccc(Br)c(C(F)(F)F)c2)C1=O. The van der Waals surface area contributed by atoms with Gasteiger partial charge in [0, 0.05) is 23.1 Å². The van der Waals surface area contributed by atoms with E-state index < -0.39 is 23.7 Å². The summed E-state index contributed by atoms with van der Waals surface area (Å²) < 4.78 is 38.6. The fourth-order valence-electron chi connectivity index (χ4n) is 2.09. The van der Waals surface area contributed by atoms with E-state index in [-0.39, 0.29) is 29.0 Å². The molecule has 0 saturated carbocycles. The Hall–Kier alpha value is -1.57. The lowest BCUT2D eigenvalue weighted by molar-refractivity contribution is -0.138. The Bertz CT molecular complexity index is 589. The quantitative estimate of drug-likeness (QED) is 0.832. The second-order valence-corrected chi connectivity index (χ2v) is 5.55. The van der Waals surface area contributed by atoms with Crippen LogP contribution in [-0.4, -0.2) is 24.4 Å². The molecular weight excluding hydrogens is 353 g/mol. The summed E-state index contributed by atoms with van der Waals surface area (Å²) in [6.45, 7) is 1.55. The van der Waals surface area contributed by atoms with Crippen molar-refractivity contribution in [1.82, 2.24) is 5.32 Å². The first kappa shape index (κ1) is 15.8. The fourth-order valence-corrected chi connectivity index (χ4v) is 2.56. The van der Waals surface area contributed by atoms with E-state index >= 15 is 0 Å². The highest BCUT2D eigenvalue weighted by molar-refractivity contribution is 9.10. The lowest BCUT2D eigenvalue weighted by Crippen LogP contribution is -2.42. The predicted molar refractivity (Wildman–Crippen MR) is 73.7 cm³/mol. The number of halogens is 4. The molecule has 1 aromatic rings. The van der Waals surface area contributed by atoms with Crippen molar-refractivity contribution in [3.63, 3.8) is 0 Å². The Balaban J connectivity index is 2.41. The van der Waals surface area contributed by atoms with E-state index in [0.29, 0.717) is 0 Å². The van der Waals surface area contributed by atoms with Gasteiger partial charge in [-0.15, -0.1) is 0 Å². The zero-order valence-electron chi connectivity index (χ0n) is 11.0. The van der Waals surface area contributed by atoms with Crippen LogP contribution in [0.5, 0.6) is 0 Å². The van der Waals surface area contributed by atoms with Crippen molar-refractivity contribution in [2.24, 2.45) is 0 Å². The smallest absolute Gasteiger partial charge is 0.345 e. The molecule has 1 aliphatic rings. The van der Waals surface area contributed by atoms with Gasteiger partial charge in [-0.3, -0.25) is 9.59 Å². The zero-order chi connectivity index (χ0) is 15.8. The summed E-state index contributed by atoms with van der Waals surface area (Å²) in [7, 11) is 0. The number of anilines is 1. The van der Waals surface area contributed by atoms with E-state index in [1.807, 2.05) is 0 Å². The molecule has 21 heavy (non-hydrogen) atoms. The fraction of sp³-hybridized carbons (Fsp3) is 0.385. The van der Waals surface area contributed by atoms with Gasteiger partial charge in [0.25, 0.3) is 0 Å². The van der Waals surface area contributed by atoms with Crippen LogP contribution in [0.15, 0.2) is 22.7 Å². The molecule has 4 nitrogen and oxygen atoms in total. The van der Waals surface area contributed by atoms with Gasteiger partial charge in [-0.1, -0.05) is 15.9 Å². The number of amides is 2. The van der Waals surface area contributed by atoms with Gasteiger partial charge in [0.15, 0.2) is 0 Å². The number of hydrogen-bond donors (Lipinski definition) is 1. The van der Waals surface area contributed by atoms with Crippen molar-refractivity contribution >= 4 is 33.4 Å². The highest BCUT2D eigenvalue weighted by Gasteiger charge is 2.35. The maximum absolute atomic E-state index is 12.9. The summed E-state index contributed by atoms with van der Waals surface area (Å²) >= 11 is 2.85. The number of carbonyl (C=O) groups excluding carboxylic acids is 2. The highest BCUT2D eigenvalue weighted by Crippen LogP contribution is 2.37. The minimum absolute atomic E-state index is 0.0491. The number of nitrogens with one attached hydrogen (secondary N) is 1. The minimum atomic E-state index is -4.52. The highest BCUT2D eigenvalue weighted by atomic mass is 79.9. The molecule has 1 heterocycles. The number of rotatable bonds is 1. The van der Waals surface area contributed by atoms with Crippen LogP contribution in [0.4, 0.5) is 18.9 Å².